The molecule has 0 aliphatic rings. The first-order valence-electron chi connectivity index (χ1n) is 20.1. The van der Waals surface area contributed by atoms with E-state index in [0.717, 1.165) is 44.9 Å². The number of hydrogen-bond donors (Lipinski definition) is 3. The van der Waals surface area contributed by atoms with Gasteiger partial charge in [0.2, 0.25) is 0 Å². The first-order chi connectivity index (χ1) is 25.2. The average molecular weight is 757 g/mol. The highest BCUT2D eigenvalue weighted by atomic mass is 31.2. The van der Waals surface area contributed by atoms with E-state index in [4.69, 9.17) is 19.1 Å². The van der Waals surface area contributed by atoms with Crippen LogP contribution in [0.3, 0.4) is 0 Å². The summed E-state index contributed by atoms with van der Waals surface area (Å²) in [6.45, 7) is 2.27. The molecule has 0 fully saturated rings. The van der Waals surface area contributed by atoms with Gasteiger partial charge in [-0.3, -0.25) is 18.6 Å². The third-order valence-electron chi connectivity index (χ3n) is 8.24. The highest BCUT2D eigenvalue weighted by Gasteiger charge is 2.27. The normalized spacial score (nSPS) is 14.5. The molecule has 0 aromatic heterocycles. The number of hydrogen-bond acceptors (Lipinski definition) is 9. The Hall–Kier alpha value is -2.07. The van der Waals surface area contributed by atoms with Gasteiger partial charge in [0.05, 0.1) is 19.8 Å². The van der Waals surface area contributed by atoms with Crippen LogP contribution < -0.4 is 0 Å². The van der Waals surface area contributed by atoms with Crippen molar-refractivity contribution >= 4 is 19.8 Å². The SMILES string of the molecule is CCCCC/C=C/C/C=C/C/C=C/C/C=C/CCCC(=O)OC[C@@H](COP(=O)(O)OC[C@H](O)CO)OC(=O)CCCCCCCCCCCCCC. The fraction of sp³-hybridized carbons (Fsp3) is 0.756. The van der Waals surface area contributed by atoms with Gasteiger partial charge in [0, 0.05) is 12.8 Å². The molecule has 0 saturated heterocycles. The second kappa shape index (κ2) is 37.3. The largest absolute Gasteiger partial charge is 0.472 e. The fourth-order valence-electron chi connectivity index (χ4n) is 5.10. The van der Waals surface area contributed by atoms with E-state index < -0.39 is 51.8 Å². The molecule has 0 aromatic rings. The average Bonchev–Trinajstić information content (AvgIpc) is 3.13. The van der Waals surface area contributed by atoms with Crippen LogP contribution in [0.4, 0.5) is 0 Å². The molecule has 0 saturated carbocycles. The lowest BCUT2D eigenvalue weighted by Crippen LogP contribution is -2.29. The smallest absolute Gasteiger partial charge is 0.462 e. The zero-order chi connectivity index (χ0) is 38.4. The number of ether oxygens (including phenoxy) is 2. The van der Waals surface area contributed by atoms with Gasteiger partial charge in [-0.25, -0.2) is 4.57 Å². The number of carbonyl (C=O) groups is 2. The number of rotatable bonds is 37. The summed E-state index contributed by atoms with van der Waals surface area (Å²) in [4.78, 5) is 34.8. The van der Waals surface area contributed by atoms with Gasteiger partial charge in [0.15, 0.2) is 6.10 Å². The Kier molecular flexibility index (Phi) is 35.8. The van der Waals surface area contributed by atoms with Gasteiger partial charge in [-0.15, -0.1) is 0 Å². The van der Waals surface area contributed by atoms with Crippen LogP contribution in [0, 0.1) is 0 Å². The number of aliphatic hydroxyl groups is 2. The van der Waals surface area contributed by atoms with Gasteiger partial charge in [0.25, 0.3) is 0 Å². The molecule has 302 valence electrons. The number of phosphoric ester groups is 1. The summed E-state index contributed by atoms with van der Waals surface area (Å²) in [5.41, 5.74) is 0. The van der Waals surface area contributed by atoms with Crippen molar-refractivity contribution in [2.45, 2.75) is 174 Å². The molecular weight excluding hydrogens is 683 g/mol. The molecule has 0 aliphatic carbocycles. The number of aliphatic hydroxyl groups excluding tert-OH is 2. The van der Waals surface area contributed by atoms with Crippen LogP contribution in [0.25, 0.3) is 0 Å². The minimum Gasteiger partial charge on any atom is -0.462 e. The third kappa shape index (κ3) is 36.3. The van der Waals surface area contributed by atoms with E-state index in [0.29, 0.717) is 19.3 Å². The number of esters is 2. The second-order valence-electron chi connectivity index (χ2n) is 13.3. The topological polar surface area (TPSA) is 149 Å². The zero-order valence-corrected chi connectivity index (χ0v) is 33.4. The van der Waals surface area contributed by atoms with E-state index in [1.165, 1.54) is 70.6 Å². The summed E-state index contributed by atoms with van der Waals surface area (Å²) in [6, 6.07) is 0. The van der Waals surface area contributed by atoms with Crippen molar-refractivity contribution < 1.29 is 47.8 Å². The molecular formula is C41H73O10P. The summed E-state index contributed by atoms with van der Waals surface area (Å²) in [7, 11) is -4.62. The van der Waals surface area contributed by atoms with Crippen LogP contribution in [0.2, 0.25) is 0 Å². The van der Waals surface area contributed by atoms with E-state index in [1.807, 2.05) is 6.08 Å². The monoisotopic (exact) mass is 756 g/mol. The molecule has 52 heavy (non-hydrogen) atoms. The van der Waals surface area contributed by atoms with E-state index in [2.05, 4.69) is 60.9 Å². The lowest BCUT2D eigenvalue weighted by molar-refractivity contribution is -0.161. The summed E-state index contributed by atoms with van der Waals surface area (Å²) in [6.07, 6.45) is 38.0. The Morgan fingerprint density at radius 1 is 0.577 bits per heavy atom. The van der Waals surface area contributed by atoms with Gasteiger partial charge in [-0.2, -0.15) is 0 Å². The van der Waals surface area contributed by atoms with Crippen LogP contribution in [-0.2, 0) is 32.7 Å². The standard InChI is InChI=1S/C41H73O10P/c1-3-5-7-9-11-13-15-17-18-19-20-21-23-24-26-28-30-32-40(44)48-36-39(37-50-52(46,47)49-35-38(43)34-42)51-41(45)33-31-29-27-25-22-16-14-12-10-8-6-4-2/h11,13,17-18,20-21,24,26,38-39,42-43H,3-10,12,14-16,19,22-23,25,27-37H2,1-2H3,(H,46,47)/b13-11+,18-17+,21-20+,26-24+/t38-,39+/m1/s1. The maximum atomic E-state index is 12.5. The molecule has 1 unspecified atom stereocenters. The Bertz CT molecular complexity index is 1010. The van der Waals surface area contributed by atoms with Crippen molar-refractivity contribution in [2.24, 2.45) is 0 Å². The van der Waals surface area contributed by atoms with Crippen molar-refractivity contribution in [3.8, 4) is 0 Å². The quantitative estimate of drug-likeness (QED) is 0.0242. The number of phosphoric acid groups is 1. The van der Waals surface area contributed by atoms with E-state index in [-0.39, 0.29) is 19.4 Å². The maximum absolute atomic E-state index is 12.5. The second-order valence-corrected chi connectivity index (χ2v) is 14.8. The first kappa shape index (κ1) is 49.9. The predicted octanol–water partition coefficient (Wildman–Crippen LogP) is 10.2. The van der Waals surface area contributed by atoms with Crippen molar-refractivity contribution in [1.29, 1.82) is 0 Å². The zero-order valence-electron chi connectivity index (χ0n) is 32.5. The molecule has 0 bridgehead atoms. The number of unbranched alkanes of at least 4 members (excludes halogenated alkanes) is 15. The predicted molar refractivity (Wildman–Crippen MR) is 210 cm³/mol. The van der Waals surface area contributed by atoms with Crippen LogP contribution >= 0.6 is 7.82 Å². The van der Waals surface area contributed by atoms with Gasteiger partial charge in [0.1, 0.15) is 12.7 Å². The fourth-order valence-corrected chi connectivity index (χ4v) is 5.89. The third-order valence-corrected chi connectivity index (χ3v) is 9.19. The van der Waals surface area contributed by atoms with Crippen molar-refractivity contribution in [1.82, 2.24) is 0 Å². The van der Waals surface area contributed by atoms with E-state index >= 15 is 0 Å². The molecule has 10 nitrogen and oxygen atoms in total. The Morgan fingerprint density at radius 2 is 1.02 bits per heavy atom. The van der Waals surface area contributed by atoms with Crippen LogP contribution in [-0.4, -0.2) is 65.7 Å². The molecule has 0 aliphatic heterocycles. The summed E-state index contributed by atoms with van der Waals surface area (Å²) in [5.74, 6) is -0.992. The number of allylic oxidation sites excluding steroid dienone is 8. The molecule has 0 rings (SSSR count). The van der Waals surface area contributed by atoms with Crippen LogP contribution in [0.15, 0.2) is 48.6 Å². The van der Waals surface area contributed by atoms with E-state index in [9.17, 15) is 24.2 Å². The van der Waals surface area contributed by atoms with E-state index in [1.54, 1.807) is 0 Å². The Labute approximate surface area is 315 Å². The molecule has 3 atom stereocenters. The Morgan fingerprint density at radius 3 is 1.56 bits per heavy atom. The molecule has 3 N–H and O–H groups in total. The van der Waals surface area contributed by atoms with Crippen molar-refractivity contribution in [2.75, 3.05) is 26.4 Å². The minimum atomic E-state index is -4.62. The molecule has 0 heterocycles. The van der Waals surface area contributed by atoms with Gasteiger partial charge in [-0.1, -0.05) is 146 Å². The molecule has 0 radical (unpaired) electrons. The highest BCUT2D eigenvalue weighted by Crippen LogP contribution is 2.43. The van der Waals surface area contributed by atoms with Gasteiger partial charge < -0.3 is 24.6 Å². The Balaban J connectivity index is 4.43. The summed E-state index contributed by atoms with van der Waals surface area (Å²) >= 11 is 0. The molecule has 11 heteroatoms. The number of carbonyl (C=O) groups excluding carboxylic acids is 2. The first-order valence-corrected chi connectivity index (χ1v) is 21.6. The van der Waals surface area contributed by atoms with Crippen molar-refractivity contribution in [3.63, 3.8) is 0 Å². The highest BCUT2D eigenvalue weighted by molar-refractivity contribution is 7.47. The minimum absolute atomic E-state index is 0.166. The lowest BCUT2D eigenvalue weighted by atomic mass is 10.0. The maximum Gasteiger partial charge on any atom is 0.472 e. The summed E-state index contributed by atoms with van der Waals surface area (Å²) in [5, 5.41) is 18.3. The van der Waals surface area contributed by atoms with Crippen LogP contribution in [0.1, 0.15) is 162 Å². The molecule has 0 aromatic carbocycles. The van der Waals surface area contributed by atoms with Crippen LogP contribution in [0.5, 0.6) is 0 Å². The molecule has 0 spiro atoms. The van der Waals surface area contributed by atoms with Gasteiger partial charge >= 0.3 is 19.8 Å². The van der Waals surface area contributed by atoms with Crippen molar-refractivity contribution in [3.05, 3.63) is 48.6 Å². The molecule has 0 amide bonds. The summed E-state index contributed by atoms with van der Waals surface area (Å²) < 4.78 is 32.6. The lowest BCUT2D eigenvalue weighted by Gasteiger charge is -2.20. The van der Waals surface area contributed by atoms with Gasteiger partial charge in [-0.05, 0) is 51.4 Å².